The highest BCUT2D eigenvalue weighted by Crippen LogP contribution is 2.20. The quantitative estimate of drug-likeness (QED) is 0.151. The Hall–Kier alpha value is -3.61. The van der Waals surface area contributed by atoms with Gasteiger partial charge >= 0.3 is 17.9 Å². The Morgan fingerprint density at radius 3 is 2.12 bits per heavy atom. The predicted octanol–water partition coefficient (Wildman–Crippen LogP) is 5.67. The molecule has 0 heterocycles. The molecule has 0 saturated heterocycles. The van der Waals surface area contributed by atoms with Crippen LogP contribution >= 0.6 is 0 Å². The first-order valence-corrected chi connectivity index (χ1v) is 11.2. The molecule has 0 atom stereocenters. The molecule has 0 aromatic heterocycles. The topological polar surface area (TPSA) is 88.1 Å². The summed E-state index contributed by atoms with van der Waals surface area (Å²) in [6, 6.07) is 3.54. The number of esters is 3. The zero-order valence-electron chi connectivity index (χ0n) is 23.5. The SMILES string of the molecule is [2H]c1c([2H])c(OC(=O)c2ccc(OCCCC)cc2)c([2H])c([2H])c1OC(=O)CCCCCOC(=O)C(=C)C. The van der Waals surface area contributed by atoms with Crippen molar-refractivity contribution in [1.82, 2.24) is 0 Å². The highest BCUT2D eigenvalue weighted by Gasteiger charge is 2.10. The fourth-order valence-corrected chi connectivity index (χ4v) is 2.57. The second-order valence-electron chi connectivity index (χ2n) is 7.48. The fraction of sp³-hybridized carbons (Fsp3) is 0.370. The molecule has 0 N–H and O–H groups in total. The van der Waals surface area contributed by atoms with Gasteiger partial charge in [-0.05, 0) is 81.0 Å². The predicted molar refractivity (Wildman–Crippen MR) is 128 cm³/mol. The van der Waals surface area contributed by atoms with E-state index in [0.29, 0.717) is 37.2 Å². The lowest BCUT2D eigenvalue weighted by Crippen LogP contribution is -2.09. The summed E-state index contributed by atoms with van der Waals surface area (Å²) in [6.45, 7) is 7.81. The zero-order chi connectivity index (χ0) is 28.2. The largest absolute Gasteiger partial charge is 0.494 e. The van der Waals surface area contributed by atoms with E-state index in [1.165, 1.54) is 12.1 Å². The molecule has 0 aliphatic rings. The maximum Gasteiger partial charge on any atom is 0.343 e. The fourth-order valence-electron chi connectivity index (χ4n) is 2.57. The van der Waals surface area contributed by atoms with Crippen molar-refractivity contribution >= 4 is 17.9 Å². The van der Waals surface area contributed by atoms with E-state index in [1.54, 1.807) is 19.1 Å². The number of hydrogen-bond acceptors (Lipinski definition) is 7. The first kappa shape index (κ1) is 21.0. The Morgan fingerprint density at radius 1 is 0.853 bits per heavy atom. The molecule has 0 saturated carbocycles. The summed E-state index contributed by atoms with van der Waals surface area (Å²) in [5.74, 6) is -2.63. The Labute approximate surface area is 206 Å². The second kappa shape index (κ2) is 14.5. The van der Waals surface area contributed by atoms with Crippen LogP contribution in [0.4, 0.5) is 0 Å². The van der Waals surface area contributed by atoms with Gasteiger partial charge in [-0.25, -0.2) is 9.59 Å². The van der Waals surface area contributed by atoms with Crippen molar-refractivity contribution in [1.29, 1.82) is 0 Å². The van der Waals surface area contributed by atoms with Crippen LogP contribution in [0.5, 0.6) is 17.2 Å². The van der Waals surface area contributed by atoms with E-state index < -0.39 is 53.6 Å². The molecular weight excluding hydrogens is 436 g/mol. The van der Waals surface area contributed by atoms with Crippen LogP contribution in [0.25, 0.3) is 0 Å². The van der Waals surface area contributed by atoms with Crippen molar-refractivity contribution in [3.8, 4) is 17.2 Å². The molecule has 2 aromatic carbocycles. The Kier molecular flexibility index (Phi) is 8.95. The highest BCUT2D eigenvalue weighted by molar-refractivity contribution is 5.91. The van der Waals surface area contributed by atoms with Gasteiger partial charge in [0, 0.05) is 12.0 Å². The van der Waals surface area contributed by atoms with Crippen molar-refractivity contribution in [3.05, 3.63) is 66.2 Å². The molecule has 0 aliphatic carbocycles. The number of rotatable bonds is 14. The van der Waals surface area contributed by atoms with Crippen molar-refractivity contribution in [2.24, 2.45) is 0 Å². The van der Waals surface area contributed by atoms with E-state index in [1.807, 2.05) is 6.92 Å². The second-order valence-corrected chi connectivity index (χ2v) is 7.48. The van der Waals surface area contributed by atoms with Crippen molar-refractivity contribution < 1.29 is 38.8 Å². The molecule has 0 unspecified atom stereocenters. The number of ether oxygens (including phenoxy) is 4. The lowest BCUT2D eigenvalue weighted by Gasteiger charge is -2.08. The summed E-state index contributed by atoms with van der Waals surface area (Å²) in [5.41, 5.74) is 0.436. The minimum atomic E-state index is -0.871. The number of carbonyl (C=O) groups is 3. The number of hydrogen-bond donors (Lipinski definition) is 0. The van der Waals surface area contributed by atoms with Crippen LogP contribution in [-0.4, -0.2) is 31.1 Å². The van der Waals surface area contributed by atoms with Crippen LogP contribution in [-0.2, 0) is 14.3 Å². The molecule has 0 aliphatic heterocycles. The van der Waals surface area contributed by atoms with Gasteiger partial charge in [0.1, 0.15) is 17.2 Å². The third-order valence-corrected chi connectivity index (χ3v) is 4.45. The average molecular weight is 473 g/mol. The monoisotopic (exact) mass is 472 g/mol. The van der Waals surface area contributed by atoms with E-state index in [2.05, 4.69) is 6.58 Å². The molecular formula is C27H32O7. The lowest BCUT2D eigenvalue weighted by molar-refractivity contribution is -0.139. The third-order valence-electron chi connectivity index (χ3n) is 4.45. The van der Waals surface area contributed by atoms with Gasteiger partial charge in [-0.2, -0.15) is 0 Å². The molecule has 7 nitrogen and oxygen atoms in total. The molecule has 34 heavy (non-hydrogen) atoms. The lowest BCUT2D eigenvalue weighted by atomic mass is 10.2. The molecule has 0 amide bonds. The van der Waals surface area contributed by atoms with E-state index in [0.717, 1.165) is 12.8 Å². The van der Waals surface area contributed by atoms with E-state index in [9.17, 15) is 14.4 Å². The van der Waals surface area contributed by atoms with Gasteiger partial charge in [0.15, 0.2) is 0 Å². The molecule has 0 spiro atoms. The first-order chi connectivity index (χ1) is 18.1. The Morgan fingerprint density at radius 2 is 1.50 bits per heavy atom. The molecule has 0 radical (unpaired) electrons. The van der Waals surface area contributed by atoms with Gasteiger partial charge in [0.05, 0.1) is 24.3 Å². The minimum absolute atomic E-state index is 0.0388. The summed E-state index contributed by atoms with van der Waals surface area (Å²) < 4.78 is 53.4. The van der Waals surface area contributed by atoms with Crippen molar-refractivity contribution in [2.45, 2.75) is 52.4 Å². The maximum absolute atomic E-state index is 12.6. The zero-order valence-corrected chi connectivity index (χ0v) is 19.5. The van der Waals surface area contributed by atoms with Crippen LogP contribution in [0, 0.1) is 0 Å². The number of unbranched alkanes of at least 4 members (excludes halogenated alkanes) is 3. The van der Waals surface area contributed by atoms with Crippen molar-refractivity contribution in [2.75, 3.05) is 13.2 Å². The van der Waals surface area contributed by atoms with Gasteiger partial charge < -0.3 is 18.9 Å². The van der Waals surface area contributed by atoms with Crippen LogP contribution in [0.2, 0.25) is 0 Å². The van der Waals surface area contributed by atoms with E-state index in [4.69, 9.17) is 24.4 Å². The summed E-state index contributed by atoms with van der Waals surface area (Å²) >= 11 is 0. The van der Waals surface area contributed by atoms with Gasteiger partial charge in [-0.3, -0.25) is 4.79 Å². The van der Waals surface area contributed by atoms with Gasteiger partial charge in [0.25, 0.3) is 0 Å². The first-order valence-electron chi connectivity index (χ1n) is 13.2. The summed E-state index contributed by atoms with van der Waals surface area (Å²) in [6.07, 6.45) is 3.34. The molecule has 0 fully saturated rings. The summed E-state index contributed by atoms with van der Waals surface area (Å²) in [7, 11) is 0. The van der Waals surface area contributed by atoms with Crippen LogP contribution in [0.15, 0.2) is 60.6 Å². The third kappa shape index (κ3) is 9.90. The van der Waals surface area contributed by atoms with Gasteiger partial charge in [-0.15, -0.1) is 0 Å². The number of benzene rings is 2. The summed E-state index contributed by atoms with van der Waals surface area (Å²) in [5, 5.41) is 0. The minimum Gasteiger partial charge on any atom is -0.494 e. The van der Waals surface area contributed by atoms with Gasteiger partial charge in [0.2, 0.25) is 0 Å². The van der Waals surface area contributed by atoms with Crippen molar-refractivity contribution in [3.63, 3.8) is 0 Å². The molecule has 0 bridgehead atoms. The highest BCUT2D eigenvalue weighted by atomic mass is 16.5. The summed E-state index contributed by atoms with van der Waals surface area (Å²) in [4.78, 5) is 36.1. The Bertz CT molecular complexity index is 1130. The molecule has 2 rings (SSSR count). The normalized spacial score (nSPS) is 11.9. The molecule has 7 heteroatoms. The van der Waals surface area contributed by atoms with Crippen LogP contribution < -0.4 is 14.2 Å². The molecule has 182 valence electrons. The molecule has 2 aromatic rings. The maximum atomic E-state index is 12.6. The standard InChI is InChI=1S/C27H32O7/c1-4-5-18-31-22-12-10-21(11-13-22)27(30)34-24-16-14-23(15-17-24)33-25(28)9-7-6-8-19-32-26(29)20(2)3/h10-17H,2,4-9,18-19H2,1,3H3/i14D,15D,16D,17D. The average Bonchev–Trinajstić information content (AvgIpc) is 2.90. The van der Waals surface area contributed by atoms with E-state index >= 15 is 0 Å². The van der Waals surface area contributed by atoms with E-state index in [-0.39, 0.29) is 18.6 Å². The Balaban J connectivity index is 1.98. The van der Waals surface area contributed by atoms with Gasteiger partial charge in [-0.1, -0.05) is 19.9 Å². The van der Waals surface area contributed by atoms with Crippen LogP contribution in [0.3, 0.4) is 0 Å². The van der Waals surface area contributed by atoms with Crippen LogP contribution in [0.1, 0.15) is 68.2 Å². The smallest absolute Gasteiger partial charge is 0.343 e. The number of carbonyl (C=O) groups excluding carboxylic acids is 3.